The summed E-state index contributed by atoms with van der Waals surface area (Å²) in [6, 6.07) is 9.06. The van der Waals surface area contributed by atoms with Gasteiger partial charge in [0.25, 0.3) is 0 Å². The average molecular weight is 345 g/mol. The first-order valence-corrected chi connectivity index (χ1v) is 10.1. The Hall–Kier alpha value is -1.15. The van der Waals surface area contributed by atoms with Gasteiger partial charge < -0.3 is 4.74 Å². The SMILES string of the molecule is COCc1ccc([C@H]2CC[C@H]([C@H]3CC[C@H](CC=CF)CC3)CC2)cc1. The van der Waals surface area contributed by atoms with Gasteiger partial charge in [-0.05, 0) is 92.6 Å². The van der Waals surface area contributed by atoms with Crippen LogP contribution >= 0.6 is 0 Å². The van der Waals surface area contributed by atoms with Crippen LogP contribution in [0.4, 0.5) is 4.39 Å². The fourth-order valence-electron chi connectivity index (χ4n) is 5.12. The van der Waals surface area contributed by atoms with E-state index in [1.165, 1.54) is 62.5 Å². The maximum absolute atomic E-state index is 12.2. The molecule has 0 aliphatic heterocycles. The Morgan fingerprint density at radius 3 is 2.08 bits per heavy atom. The van der Waals surface area contributed by atoms with Gasteiger partial charge >= 0.3 is 0 Å². The van der Waals surface area contributed by atoms with Gasteiger partial charge in [0.2, 0.25) is 0 Å². The molecule has 0 aromatic heterocycles. The van der Waals surface area contributed by atoms with Crippen LogP contribution in [0.15, 0.2) is 36.7 Å². The molecule has 2 aliphatic carbocycles. The highest BCUT2D eigenvalue weighted by Crippen LogP contribution is 2.44. The van der Waals surface area contributed by atoms with Crippen molar-refractivity contribution in [2.45, 2.75) is 70.3 Å². The smallest absolute Gasteiger partial charge is 0.0827 e. The molecular weight excluding hydrogens is 311 g/mol. The van der Waals surface area contributed by atoms with E-state index in [2.05, 4.69) is 24.3 Å². The highest BCUT2D eigenvalue weighted by atomic mass is 19.1. The molecule has 0 spiro atoms. The van der Waals surface area contributed by atoms with Gasteiger partial charge in [-0.25, -0.2) is 4.39 Å². The third-order valence-corrected chi connectivity index (χ3v) is 6.65. The maximum Gasteiger partial charge on any atom is 0.0827 e. The summed E-state index contributed by atoms with van der Waals surface area (Å²) >= 11 is 0. The van der Waals surface area contributed by atoms with E-state index in [0.717, 1.165) is 36.4 Å². The number of halogens is 1. The molecule has 1 nitrogen and oxygen atoms in total. The first kappa shape index (κ1) is 18.6. The van der Waals surface area contributed by atoms with Crippen molar-refractivity contribution in [3.8, 4) is 0 Å². The lowest BCUT2D eigenvalue weighted by atomic mass is 9.68. The normalized spacial score (nSPS) is 30.6. The number of hydrogen-bond donors (Lipinski definition) is 0. The molecule has 138 valence electrons. The molecule has 2 aliphatic rings. The zero-order chi connectivity index (χ0) is 17.5. The quantitative estimate of drug-likeness (QED) is 0.552. The fraction of sp³-hybridized carbons (Fsp3) is 0.652. The van der Waals surface area contributed by atoms with Crippen molar-refractivity contribution in [3.63, 3.8) is 0 Å². The third kappa shape index (κ3) is 5.17. The molecule has 1 aromatic carbocycles. The molecule has 0 bridgehead atoms. The Labute approximate surface area is 152 Å². The van der Waals surface area contributed by atoms with Gasteiger partial charge in [0.15, 0.2) is 0 Å². The lowest BCUT2D eigenvalue weighted by molar-refractivity contribution is 0.160. The minimum atomic E-state index is 0.705. The summed E-state index contributed by atoms with van der Waals surface area (Å²) in [6.07, 6.45) is 14.2. The van der Waals surface area contributed by atoms with Crippen LogP contribution in [0.25, 0.3) is 0 Å². The van der Waals surface area contributed by atoms with Crippen LogP contribution in [0, 0.1) is 17.8 Å². The average Bonchev–Trinajstić information content (AvgIpc) is 2.68. The van der Waals surface area contributed by atoms with Gasteiger partial charge in [-0.3, -0.25) is 0 Å². The summed E-state index contributed by atoms with van der Waals surface area (Å²) in [5.74, 6) is 3.33. The Morgan fingerprint density at radius 1 is 0.920 bits per heavy atom. The summed E-state index contributed by atoms with van der Waals surface area (Å²) in [5.41, 5.74) is 2.78. The van der Waals surface area contributed by atoms with Gasteiger partial charge in [-0.1, -0.05) is 30.3 Å². The lowest BCUT2D eigenvalue weighted by Crippen LogP contribution is -2.25. The van der Waals surface area contributed by atoms with Crippen molar-refractivity contribution in [1.29, 1.82) is 0 Å². The van der Waals surface area contributed by atoms with E-state index < -0.39 is 0 Å². The second-order valence-electron chi connectivity index (χ2n) is 8.16. The van der Waals surface area contributed by atoms with Crippen LogP contribution in [0.5, 0.6) is 0 Å². The summed E-state index contributed by atoms with van der Waals surface area (Å²) < 4.78 is 17.4. The van der Waals surface area contributed by atoms with Crippen LogP contribution in [0.2, 0.25) is 0 Å². The predicted octanol–water partition coefficient (Wildman–Crippen LogP) is 6.79. The van der Waals surface area contributed by atoms with E-state index >= 15 is 0 Å². The Kier molecular flexibility index (Phi) is 7.10. The molecule has 25 heavy (non-hydrogen) atoms. The Balaban J connectivity index is 1.44. The fourth-order valence-corrected chi connectivity index (χ4v) is 5.12. The summed E-state index contributed by atoms with van der Waals surface area (Å²) in [7, 11) is 1.75. The minimum Gasteiger partial charge on any atom is -0.380 e. The van der Waals surface area contributed by atoms with E-state index in [4.69, 9.17) is 4.74 Å². The lowest BCUT2D eigenvalue weighted by Gasteiger charge is -2.38. The number of ether oxygens (including phenoxy) is 1. The van der Waals surface area contributed by atoms with E-state index in [1.54, 1.807) is 13.2 Å². The molecule has 0 unspecified atom stereocenters. The monoisotopic (exact) mass is 344 g/mol. The van der Waals surface area contributed by atoms with Crippen LogP contribution < -0.4 is 0 Å². The zero-order valence-corrected chi connectivity index (χ0v) is 15.6. The van der Waals surface area contributed by atoms with E-state index in [0.29, 0.717) is 6.61 Å². The molecule has 0 amide bonds. The van der Waals surface area contributed by atoms with Crippen molar-refractivity contribution in [2.24, 2.45) is 17.8 Å². The van der Waals surface area contributed by atoms with Gasteiger partial charge in [-0.15, -0.1) is 0 Å². The second-order valence-corrected chi connectivity index (χ2v) is 8.16. The number of hydrogen-bond acceptors (Lipinski definition) is 1. The molecular formula is C23H33FO. The van der Waals surface area contributed by atoms with Crippen LogP contribution in [0.1, 0.15) is 74.8 Å². The number of benzene rings is 1. The predicted molar refractivity (Wildman–Crippen MR) is 102 cm³/mol. The molecule has 0 heterocycles. The molecule has 2 fully saturated rings. The molecule has 3 rings (SSSR count). The Bertz CT molecular complexity index is 520. The van der Waals surface area contributed by atoms with Crippen molar-refractivity contribution in [2.75, 3.05) is 7.11 Å². The van der Waals surface area contributed by atoms with Crippen molar-refractivity contribution in [1.82, 2.24) is 0 Å². The minimum absolute atomic E-state index is 0.705. The van der Waals surface area contributed by atoms with Crippen molar-refractivity contribution >= 4 is 0 Å². The molecule has 1 aromatic rings. The highest BCUT2D eigenvalue weighted by Gasteiger charge is 2.30. The first-order chi connectivity index (χ1) is 12.3. The van der Waals surface area contributed by atoms with E-state index in [9.17, 15) is 4.39 Å². The largest absolute Gasteiger partial charge is 0.380 e. The highest BCUT2D eigenvalue weighted by molar-refractivity contribution is 5.25. The van der Waals surface area contributed by atoms with Crippen LogP contribution in [0.3, 0.4) is 0 Å². The number of methoxy groups -OCH3 is 1. The van der Waals surface area contributed by atoms with Gasteiger partial charge in [-0.2, -0.15) is 0 Å². The van der Waals surface area contributed by atoms with E-state index in [-0.39, 0.29) is 0 Å². The molecule has 2 heteroatoms. The standard InChI is InChI=1S/C23H33FO/c1-25-17-19-6-10-21(11-7-19)23-14-12-22(13-15-23)20-8-4-18(5-9-20)3-2-16-24/h2,6-7,10-11,16,18,20,22-23H,3-5,8-9,12-15,17H2,1H3/t18-,20-,22-,23-. The maximum atomic E-state index is 12.2. The summed E-state index contributed by atoms with van der Waals surface area (Å²) in [5, 5.41) is 0. The number of rotatable bonds is 6. The van der Waals surface area contributed by atoms with Crippen molar-refractivity contribution in [3.05, 3.63) is 47.8 Å². The molecule has 0 atom stereocenters. The molecule has 0 saturated heterocycles. The van der Waals surface area contributed by atoms with Gasteiger partial charge in [0.05, 0.1) is 12.9 Å². The number of allylic oxidation sites excluding steroid dienone is 1. The van der Waals surface area contributed by atoms with Crippen molar-refractivity contribution < 1.29 is 9.13 Å². The van der Waals surface area contributed by atoms with Crippen LogP contribution in [-0.2, 0) is 11.3 Å². The summed E-state index contributed by atoms with van der Waals surface area (Å²) in [6.45, 7) is 0.705. The van der Waals surface area contributed by atoms with Gasteiger partial charge in [0.1, 0.15) is 0 Å². The third-order valence-electron chi connectivity index (χ3n) is 6.65. The van der Waals surface area contributed by atoms with E-state index in [1.807, 2.05) is 0 Å². The Morgan fingerprint density at radius 2 is 1.52 bits per heavy atom. The zero-order valence-electron chi connectivity index (χ0n) is 15.6. The summed E-state index contributed by atoms with van der Waals surface area (Å²) in [4.78, 5) is 0. The van der Waals surface area contributed by atoms with Crippen LogP contribution in [-0.4, -0.2) is 7.11 Å². The topological polar surface area (TPSA) is 9.23 Å². The van der Waals surface area contributed by atoms with Gasteiger partial charge in [0, 0.05) is 7.11 Å². The molecule has 0 radical (unpaired) electrons. The second kappa shape index (κ2) is 9.52. The first-order valence-electron chi connectivity index (χ1n) is 10.1. The molecule has 0 N–H and O–H groups in total. The molecule has 2 saturated carbocycles.